The van der Waals surface area contributed by atoms with Gasteiger partial charge in [-0.3, -0.25) is 4.79 Å². The number of amides is 1. The van der Waals surface area contributed by atoms with Crippen molar-refractivity contribution in [1.29, 1.82) is 0 Å². The second-order valence-corrected chi connectivity index (χ2v) is 5.43. The minimum atomic E-state index is -4.51. The molecule has 7 heteroatoms. The summed E-state index contributed by atoms with van der Waals surface area (Å²) in [6.07, 6.45) is -5.68. The fraction of sp³-hybridized carbons (Fsp3) is 0.222. The minimum absolute atomic E-state index is 0.0291. The molecule has 0 aliphatic rings. The molecule has 1 N–H and O–H groups in total. The molecule has 1 unspecified atom stereocenters. The lowest BCUT2D eigenvalue weighted by Gasteiger charge is -2.15. The van der Waals surface area contributed by atoms with Gasteiger partial charge < -0.3 is 10.1 Å². The summed E-state index contributed by atoms with van der Waals surface area (Å²) >= 11 is 0. The van der Waals surface area contributed by atoms with Crippen LogP contribution in [0.4, 0.5) is 18.9 Å². The van der Waals surface area contributed by atoms with E-state index in [2.05, 4.69) is 5.32 Å². The predicted molar refractivity (Wildman–Crippen MR) is 86.1 cm³/mol. The molecule has 0 radical (unpaired) electrons. The maximum absolute atomic E-state index is 12.7. The maximum atomic E-state index is 12.7. The number of carbonyl (C=O) groups excluding carboxylic acids is 2. The third kappa shape index (κ3) is 4.82. The molecule has 1 atom stereocenters. The Labute approximate surface area is 142 Å². The number of aryl methyl sites for hydroxylation is 1. The van der Waals surface area contributed by atoms with E-state index in [-0.39, 0.29) is 5.69 Å². The first kappa shape index (κ1) is 18.5. The summed E-state index contributed by atoms with van der Waals surface area (Å²) in [5.74, 6) is -1.40. The summed E-state index contributed by atoms with van der Waals surface area (Å²) in [5.41, 5.74) is 0.104. The third-order valence-corrected chi connectivity index (χ3v) is 3.48. The summed E-state index contributed by atoms with van der Waals surface area (Å²) in [7, 11) is 0. The van der Waals surface area contributed by atoms with Gasteiger partial charge >= 0.3 is 12.1 Å². The van der Waals surface area contributed by atoms with E-state index >= 15 is 0 Å². The highest BCUT2D eigenvalue weighted by atomic mass is 19.4. The SMILES string of the molecule is Cc1ccccc1C(=O)OC(C)C(=O)Nc1cccc(C(F)(F)F)c1. The fourth-order valence-electron chi connectivity index (χ4n) is 2.10. The summed E-state index contributed by atoms with van der Waals surface area (Å²) in [6, 6.07) is 10.9. The molecule has 0 bridgehead atoms. The number of ether oxygens (including phenoxy) is 1. The summed E-state index contributed by atoms with van der Waals surface area (Å²) in [6.45, 7) is 3.07. The van der Waals surface area contributed by atoms with E-state index in [1.165, 1.54) is 19.1 Å². The molecule has 0 heterocycles. The Hall–Kier alpha value is -2.83. The number of halogens is 3. The highest BCUT2D eigenvalue weighted by Crippen LogP contribution is 2.30. The van der Waals surface area contributed by atoms with Crippen LogP contribution in [-0.4, -0.2) is 18.0 Å². The lowest BCUT2D eigenvalue weighted by molar-refractivity contribution is -0.137. The van der Waals surface area contributed by atoms with E-state index in [1.54, 1.807) is 31.2 Å². The second-order valence-electron chi connectivity index (χ2n) is 5.43. The highest BCUT2D eigenvalue weighted by Gasteiger charge is 2.30. The molecular formula is C18H16F3NO3. The number of carbonyl (C=O) groups is 2. The largest absolute Gasteiger partial charge is 0.449 e. The molecule has 4 nitrogen and oxygen atoms in total. The number of benzene rings is 2. The van der Waals surface area contributed by atoms with Gasteiger partial charge in [0.2, 0.25) is 0 Å². The normalized spacial score (nSPS) is 12.4. The van der Waals surface area contributed by atoms with Gasteiger partial charge in [0, 0.05) is 5.69 Å². The molecule has 1 amide bonds. The predicted octanol–water partition coefficient (Wildman–Crippen LogP) is 4.20. The van der Waals surface area contributed by atoms with Gasteiger partial charge in [0.1, 0.15) is 0 Å². The van der Waals surface area contributed by atoms with Crippen LogP contribution in [0.1, 0.15) is 28.4 Å². The van der Waals surface area contributed by atoms with Crippen molar-refractivity contribution in [2.45, 2.75) is 26.1 Å². The second kappa shape index (κ2) is 7.38. The Morgan fingerprint density at radius 3 is 2.40 bits per heavy atom. The van der Waals surface area contributed by atoms with Gasteiger partial charge in [0.25, 0.3) is 5.91 Å². The molecule has 0 aliphatic heterocycles. The Morgan fingerprint density at radius 1 is 1.08 bits per heavy atom. The van der Waals surface area contributed by atoms with Crippen molar-refractivity contribution < 1.29 is 27.5 Å². The van der Waals surface area contributed by atoms with Crippen LogP contribution in [0.15, 0.2) is 48.5 Å². The first-order valence-electron chi connectivity index (χ1n) is 7.43. The zero-order valence-electron chi connectivity index (χ0n) is 13.6. The average molecular weight is 351 g/mol. The molecule has 2 aromatic carbocycles. The van der Waals surface area contributed by atoms with Gasteiger partial charge in [-0.2, -0.15) is 13.2 Å². The average Bonchev–Trinajstić information content (AvgIpc) is 2.54. The van der Waals surface area contributed by atoms with Crippen molar-refractivity contribution in [3.05, 3.63) is 65.2 Å². The smallest absolute Gasteiger partial charge is 0.416 e. The van der Waals surface area contributed by atoms with Crippen molar-refractivity contribution in [3.63, 3.8) is 0 Å². The Kier molecular flexibility index (Phi) is 5.46. The number of hydrogen-bond acceptors (Lipinski definition) is 3. The zero-order chi connectivity index (χ0) is 18.6. The molecule has 0 saturated heterocycles. The third-order valence-electron chi connectivity index (χ3n) is 3.48. The van der Waals surface area contributed by atoms with Crippen LogP contribution in [0.25, 0.3) is 0 Å². The van der Waals surface area contributed by atoms with Gasteiger partial charge in [0.05, 0.1) is 11.1 Å². The summed E-state index contributed by atoms with van der Waals surface area (Å²) in [5, 5.41) is 2.31. The summed E-state index contributed by atoms with van der Waals surface area (Å²) < 4.78 is 43.1. The van der Waals surface area contributed by atoms with Crippen LogP contribution in [0.2, 0.25) is 0 Å². The Balaban J connectivity index is 2.04. The molecule has 25 heavy (non-hydrogen) atoms. The van der Waals surface area contributed by atoms with Crippen LogP contribution in [-0.2, 0) is 15.7 Å². The fourth-order valence-corrected chi connectivity index (χ4v) is 2.10. The number of anilines is 1. The van der Waals surface area contributed by atoms with Crippen LogP contribution in [0, 0.1) is 6.92 Å². The lowest BCUT2D eigenvalue weighted by atomic mass is 10.1. The van der Waals surface area contributed by atoms with Crippen molar-refractivity contribution >= 4 is 17.6 Å². The van der Waals surface area contributed by atoms with E-state index in [4.69, 9.17) is 4.74 Å². The minimum Gasteiger partial charge on any atom is -0.449 e. The molecule has 132 valence electrons. The summed E-state index contributed by atoms with van der Waals surface area (Å²) in [4.78, 5) is 24.1. The molecule has 0 aromatic heterocycles. The molecule has 2 aromatic rings. The molecule has 0 aliphatic carbocycles. The van der Waals surface area contributed by atoms with E-state index < -0.39 is 29.7 Å². The van der Waals surface area contributed by atoms with Crippen LogP contribution in [0.3, 0.4) is 0 Å². The van der Waals surface area contributed by atoms with Crippen LogP contribution >= 0.6 is 0 Å². The number of nitrogens with one attached hydrogen (secondary N) is 1. The van der Waals surface area contributed by atoms with Crippen LogP contribution in [0.5, 0.6) is 0 Å². The van der Waals surface area contributed by atoms with Crippen molar-refractivity contribution in [2.24, 2.45) is 0 Å². The van der Waals surface area contributed by atoms with E-state index in [1.807, 2.05) is 0 Å². The molecular weight excluding hydrogens is 335 g/mol. The van der Waals surface area contributed by atoms with Gasteiger partial charge in [-0.15, -0.1) is 0 Å². The monoisotopic (exact) mass is 351 g/mol. The van der Waals surface area contributed by atoms with E-state index in [9.17, 15) is 22.8 Å². The van der Waals surface area contributed by atoms with Crippen molar-refractivity contribution in [2.75, 3.05) is 5.32 Å². The maximum Gasteiger partial charge on any atom is 0.416 e. The van der Waals surface area contributed by atoms with E-state index in [0.29, 0.717) is 11.1 Å². The molecule has 0 saturated carbocycles. The highest BCUT2D eigenvalue weighted by molar-refractivity contribution is 5.97. The molecule has 0 fully saturated rings. The van der Waals surface area contributed by atoms with Crippen molar-refractivity contribution in [1.82, 2.24) is 0 Å². The number of esters is 1. The van der Waals surface area contributed by atoms with Gasteiger partial charge in [-0.25, -0.2) is 4.79 Å². The van der Waals surface area contributed by atoms with E-state index in [0.717, 1.165) is 12.1 Å². The quantitative estimate of drug-likeness (QED) is 0.840. The number of hydrogen-bond donors (Lipinski definition) is 1. The molecule has 0 spiro atoms. The number of rotatable bonds is 4. The first-order valence-corrected chi connectivity index (χ1v) is 7.43. The van der Waals surface area contributed by atoms with Gasteiger partial charge in [-0.1, -0.05) is 24.3 Å². The standard InChI is InChI=1S/C18H16F3NO3/c1-11-6-3-4-9-15(11)17(24)25-12(2)16(23)22-14-8-5-7-13(10-14)18(19,20)21/h3-10,12H,1-2H3,(H,22,23). The lowest BCUT2D eigenvalue weighted by Crippen LogP contribution is -2.30. The Bertz CT molecular complexity index is 787. The van der Waals surface area contributed by atoms with Gasteiger partial charge in [-0.05, 0) is 43.7 Å². The molecule has 2 rings (SSSR count). The number of alkyl halides is 3. The topological polar surface area (TPSA) is 55.4 Å². The first-order chi connectivity index (χ1) is 11.7. The Morgan fingerprint density at radius 2 is 1.76 bits per heavy atom. The van der Waals surface area contributed by atoms with Gasteiger partial charge in [0.15, 0.2) is 6.10 Å². The zero-order valence-corrected chi connectivity index (χ0v) is 13.6. The van der Waals surface area contributed by atoms with Crippen LogP contribution < -0.4 is 5.32 Å². The van der Waals surface area contributed by atoms with Crippen molar-refractivity contribution in [3.8, 4) is 0 Å².